The quantitative estimate of drug-likeness (QED) is 0.243. The van der Waals surface area contributed by atoms with Crippen LogP contribution in [0.4, 0.5) is 5.69 Å². The minimum atomic E-state index is -0.529. The molecule has 1 unspecified atom stereocenters. The molecule has 0 N–H and O–H groups in total. The lowest BCUT2D eigenvalue weighted by Crippen LogP contribution is -2.32. The molecule has 1 atom stereocenters. The fraction of sp³-hybridized carbons (Fsp3) is 0.357. The Kier molecular flexibility index (Phi) is 7.13. The van der Waals surface area contributed by atoms with Gasteiger partial charge in [-0.2, -0.15) is 4.57 Å². The Bertz CT molecular complexity index is 1320. The van der Waals surface area contributed by atoms with Gasteiger partial charge in [0.2, 0.25) is 10.5 Å². The fourth-order valence-corrected chi connectivity index (χ4v) is 6.09. The molecule has 1 fully saturated rings. The summed E-state index contributed by atoms with van der Waals surface area (Å²) in [6, 6.07) is 17.1. The van der Waals surface area contributed by atoms with Crippen LogP contribution in [0.1, 0.15) is 55.0 Å². The van der Waals surface area contributed by atoms with Crippen LogP contribution in [0.3, 0.4) is 0 Å². The van der Waals surface area contributed by atoms with E-state index in [0.717, 1.165) is 25.8 Å². The zero-order valence-electron chi connectivity index (χ0n) is 20.4. The number of anilines is 1. The van der Waals surface area contributed by atoms with Gasteiger partial charge in [0.1, 0.15) is 11.7 Å². The molecule has 1 aromatic heterocycles. The minimum Gasteiger partial charge on any atom is -0.348 e. The van der Waals surface area contributed by atoms with E-state index in [1.54, 1.807) is 0 Å². The van der Waals surface area contributed by atoms with Gasteiger partial charge in [0.15, 0.2) is 0 Å². The van der Waals surface area contributed by atoms with Gasteiger partial charge in [-0.05, 0) is 30.5 Å². The monoisotopic (exact) mass is 504 g/mol. The lowest BCUT2D eigenvalue weighted by molar-refractivity contribution is -0.648. The summed E-state index contributed by atoms with van der Waals surface area (Å²) in [5.41, 5.74) is 3.84. The highest BCUT2D eigenvalue weighted by Crippen LogP contribution is 2.36. The number of fused-ring (bicyclic) bond motifs is 2. The molecule has 0 aliphatic carbocycles. The van der Waals surface area contributed by atoms with Crippen molar-refractivity contribution in [1.82, 2.24) is 5.06 Å². The smallest absolute Gasteiger partial charge is 0.333 e. The molecule has 0 saturated carbocycles. The Balaban J connectivity index is 1.15. The first kappa shape index (κ1) is 24.2. The number of imide groups is 1. The average molecular weight is 505 g/mol. The van der Waals surface area contributed by atoms with E-state index >= 15 is 0 Å². The second kappa shape index (κ2) is 10.6. The van der Waals surface area contributed by atoms with Crippen molar-refractivity contribution < 1.29 is 23.8 Å². The molecule has 8 heteroatoms. The second-order valence-electron chi connectivity index (χ2n) is 9.28. The van der Waals surface area contributed by atoms with Crippen LogP contribution < -0.4 is 9.47 Å². The van der Waals surface area contributed by atoms with Crippen LogP contribution in [0.2, 0.25) is 0 Å². The van der Waals surface area contributed by atoms with Crippen LogP contribution >= 0.6 is 11.3 Å². The van der Waals surface area contributed by atoms with Crippen molar-refractivity contribution in [3.63, 3.8) is 0 Å². The van der Waals surface area contributed by atoms with Gasteiger partial charge in [0, 0.05) is 49.7 Å². The molecule has 0 spiro atoms. The van der Waals surface area contributed by atoms with Crippen LogP contribution in [-0.2, 0) is 32.7 Å². The number of aryl methyl sites for hydroxylation is 1. The zero-order chi connectivity index (χ0) is 25.1. The van der Waals surface area contributed by atoms with E-state index in [4.69, 9.17) is 4.84 Å². The molecular formula is C28H30N3O4S+. The van der Waals surface area contributed by atoms with Gasteiger partial charge < -0.3 is 9.74 Å². The Labute approximate surface area is 214 Å². The number of hydrogen-bond donors (Lipinski definition) is 0. The molecule has 0 bridgehead atoms. The third-order valence-corrected chi connectivity index (χ3v) is 8.09. The first-order chi connectivity index (χ1) is 17.5. The molecule has 2 aliphatic rings. The predicted octanol–water partition coefficient (Wildman–Crippen LogP) is 4.55. The van der Waals surface area contributed by atoms with Gasteiger partial charge in [-0.15, -0.1) is 5.06 Å². The number of hydrogen-bond acceptors (Lipinski definition) is 6. The Morgan fingerprint density at radius 2 is 1.78 bits per heavy atom. The lowest BCUT2D eigenvalue weighted by Gasteiger charge is -2.30. The van der Waals surface area contributed by atoms with Crippen molar-refractivity contribution in [3.8, 4) is 0 Å². The number of aromatic nitrogens is 1. The maximum atomic E-state index is 12.0. The lowest BCUT2D eigenvalue weighted by atomic mass is 9.91. The number of benzene rings is 2. The summed E-state index contributed by atoms with van der Waals surface area (Å²) in [5.74, 6) is -1.09. The van der Waals surface area contributed by atoms with Crippen LogP contribution in [0.25, 0.3) is 10.2 Å². The average Bonchev–Trinajstić information content (AvgIpc) is 3.38. The number of carbonyl (C=O) groups excluding carboxylic acids is 3. The molecule has 2 aliphatic heterocycles. The van der Waals surface area contributed by atoms with Crippen molar-refractivity contribution >= 4 is 45.0 Å². The highest BCUT2D eigenvalue weighted by Gasteiger charge is 2.32. The molecule has 36 heavy (non-hydrogen) atoms. The van der Waals surface area contributed by atoms with Gasteiger partial charge in [-0.25, -0.2) is 4.79 Å². The molecule has 5 rings (SSSR count). The largest absolute Gasteiger partial charge is 0.348 e. The normalized spacial score (nSPS) is 17.2. The van der Waals surface area contributed by atoms with Gasteiger partial charge in [-0.1, -0.05) is 54.2 Å². The molecule has 3 aromatic rings. The Morgan fingerprint density at radius 1 is 1.03 bits per heavy atom. The number of nitrogens with zero attached hydrogens (tertiary/aromatic N) is 3. The van der Waals surface area contributed by atoms with Crippen LogP contribution in [-0.4, -0.2) is 29.4 Å². The van der Waals surface area contributed by atoms with E-state index in [1.807, 2.05) is 11.3 Å². The summed E-state index contributed by atoms with van der Waals surface area (Å²) < 4.78 is 3.62. The SMILES string of the molecule is C[n+]1c(CC2C=CN(CCCCCC(=O)ON3C(=O)CCC3=O)c3ccccc32)sc2ccccc21. The summed E-state index contributed by atoms with van der Waals surface area (Å²) in [5, 5.41) is 1.98. The standard InChI is InChI=1S/C28H30N3O4S/c1-29-23-11-6-7-12-24(23)36-27(29)19-20-16-18-30(22-10-5-4-9-21(20)22)17-8-2-3-13-28(34)35-31-25(32)14-15-26(31)33/h4-7,9-12,16,18,20H,2-3,8,13-15,17,19H2,1H3/q+1. The number of allylic oxidation sites excluding steroid dienone is 1. The van der Waals surface area contributed by atoms with E-state index in [1.165, 1.54) is 26.5 Å². The highest BCUT2D eigenvalue weighted by molar-refractivity contribution is 7.18. The second-order valence-corrected chi connectivity index (χ2v) is 10.4. The third kappa shape index (κ3) is 5.04. The van der Waals surface area contributed by atoms with E-state index in [9.17, 15) is 14.4 Å². The van der Waals surface area contributed by atoms with Crippen molar-refractivity contribution in [2.45, 2.75) is 50.9 Å². The maximum absolute atomic E-state index is 12.0. The minimum absolute atomic E-state index is 0.111. The molecule has 3 heterocycles. The number of amides is 2. The third-order valence-electron chi connectivity index (χ3n) is 6.85. The van der Waals surface area contributed by atoms with E-state index in [0.29, 0.717) is 17.4 Å². The predicted molar refractivity (Wildman–Crippen MR) is 138 cm³/mol. The number of unbranched alkanes of at least 4 members (excludes halogenated alkanes) is 2. The summed E-state index contributed by atoms with van der Waals surface area (Å²) in [4.78, 5) is 42.4. The van der Waals surface area contributed by atoms with E-state index in [2.05, 4.69) is 77.3 Å². The molecule has 2 aromatic carbocycles. The number of rotatable bonds is 9. The van der Waals surface area contributed by atoms with Crippen LogP contribution in [0.15, 0.2) is 60.8 Å². The van der Waals surface area contributed by atoms with Crippen molar-refractivity contribution in [3.05, 3.63) is 71.4 Å². The first-order valence-electron chi connectivity index (χ1n) is 12.5. The Hall–Kier alpha value is -3.52. The summed E-state index contributed by atoms with van der Waals surface area (Å²) in [6.07, 6.45) is 8.29. The number of hydroxylamine groups is 2. The molecule has 2 amide bonds. The summed E-state index contributed by atoms with van der Waals surface area (Å²) in [6.45, 7) is 0.856. The van der Waals surface area contributed by atoms with Crippen LogP contribution in [0.5, 0.6) is 0 Å². The van der Waals surface area contributed by atoms with Crippen molar-refractivity contribution in [2.24, 2.45) is 7.05 Å². The molecule has 7 nitrogen and oxygen atoms in total. The van der Waals surface area contributed by atoms with Crippen molar-refractivity contribution in [1.29, 1.82) is 0 Å². The van der Waals surface area contributed by atoms with Gasteiger partial charge in [-0.3, -0.25) is 9.59 Å². The maximum Gasteiger partial charge on any atom is 0.333 e. The van der Waals surface area contributed by atoms with E-state index < -0.39 is 17.8 Å². The van der Waals surface area contributed by atoms with Crippen LogP contribution in [0, 0.1) is 0 Å². The van der Waals surface area contributed by atoms with E-state index in [-0.39, 0.29) is 19.3 Å². The molecular weight excluding hydrogens is 474 g/mol. The van der Waals surface area contributed by atoms with Crippen molar-refractivity contribution in [2.75, 3.05) is 11.4 Å². The molecule has 0 radical (unpaired) electrons. The van der Waals surface area contributed by atoms with Gasteiger partial charge >= 0.3 is 5.97 Å². The van der Waals surface area contributed by atoms with Gasteiger partial charge in [0.25, 0.3) is 11.8 Å². The number of carbonyl (C=O) groups is 3. The summed E-state index contributed by atoms with van der Waals surface area (Å²) in [7, 11) is 2.15. The highest BCUT2D eigenvalue weighted by atomic mass is 32.1. The first-order valence-corrected chi connectivity index (χ1v) is 13.3. The Morgan fingerprint density at radius 3 is 2.58 bits per heavy atom. The molecule has 1 saturated heterocycles. The number of para-hydroxylation sites is 2. The zero-order valence-corrected chi connectivity index (χ0v) is 21.2. The van der Waals surface area contributed by atoms with Gasteiger partial charge in [0.05, 0.1) is 6.42 Å². The topological polar surface area (TPSA) is 70.8 Å². The fourth-order valence-electron chi connectivity index (χ4n) is 4.88. The molecule has 186 valence electrons. The number of thiazole rings is 1. The summed E-state index contributed by atoms with van der Waals surface area (Å²) >= 11 is 1.86.